The van der Waals surface area contributed by atoms with Crippen LogP contribution < -0.4 is 5.73 Å². The molecule has 0 spiro atoms. The van der Waals surface area contributed by atoms with E-state index in [2.05, 4.69) is 31.9 Å². The fourth-order valence-corrected chi connectivity index (χ4v) is 2.50. The number of nitrogens with two attached hydrogens (primary N) is 1. The van der Waals surface area contributed by atoms with E-state index in [1.54, 1.807) is 12.1 Å². The second kappa shape index (κ2) is 4.73. The SMILES string of the molecule is C[C@](N)(Cc1cc(Br)c(O)c(Br)c1)C(=O)O. The average Bonchev–Trinajstić information content (AvgIpc) is 2.13. The van der Waals surface area contributed by atoms with Gasteiger partial charge in [0.1, 0.15) is 11.3 Å². The lowest BCUT2D eigenvalue weighted by molar-refractivity contribution is -0.142. The van der Waals surface area contributed by atoms with Crippen LogP contribution in [-0.2, 0) is 11.2 Å². The maximum absolute atomic E-state index is 10.9. The molecule has 0 aromatic heterocycles. The maximum atomic E-state index is 10.9. The first-order chi connectivity index (χ1) is 7.24. The van der Waals surface area contributed by atoms with Crippen LogP contribution in [0.4, 0.5) is 0 Å². The number of phenols is 1. The Labute approximate surface area is 110 Å². The largest absolute Gasteiger partial charge is 0.506 e. The Balaban J connectivity index is 3.04. The first-order valence-corrected chi connectivity index (χ1v) is 6.02. The van der Waals surface area contributed by atoms with Gasteiger partial charge < -0.3 is 15.9 Å². The van der Waals surface area contributed by atoms with Crippen molar-refractivity contribution in [3.63, 3.8) is 0 Å². The van der Waals surface area contributed by atoms with Gasteiger partial charge in [-0.25, -0.2) is 0 Å². The summed E-state index contributed by atoms with van der Waals surface area (Å²) in [4.78, 5) is 10.9. The summed E-state index contributed by atoms with van der Waals surface area (Å²) < 4.78 is 0.996. The van der Waals surface area contributed by atoms with E-state index < -0.39 is 11.5 Å². The second-order valence-corrected chi connectivity index (χ2v) is 5.52. The number of hydrogen-bond acceptors (Lipinski definition) is 3. The molecule has 0 aliphatic carbocycles. The lowest BCUT2D eigenvalue weighted by atomic mass is 9.94. The zero-order valence-electron chi connectivity index (χ0n) is 8.50. The van der Waals surface area contributed by atoms with E-state index in [1.165, 1.54) is 6.92 Å². The number of aliphatic carboxylic acids is 1. The minimum Gasteiger partial charge on any atom is -0.506 e. The van der Waals surface area contributed by atoms with Crippen molar-refractivity contribution < 1.29 is 15.0 Å². The van der Waals surface area contributed by atoms with Crippen molar-refractivity contribution in [2.24, 2.45) is 5.73 Å². The molecule has 0 aliphatic rings. The molecular formula is C10H11Br2NO3. The Morgan fingerprint density at radius 1 is 1.44 bits per heavy atom. The van der Waals surface area contributed by atoms with Crippen LogP contribution in [0.5, 0.6) is 5.75 Å². The summed E-state index contributed by atoms with van der Waals surface area (Å²) in [5.74, 6) is -0.981. The molecule has 0 radical (unpaired) electrons. The monoisotopic (exact) mass is 351 g/mol. The number of carboxylic acids is 1. The molecule has 1 atom stereocenters. The topological polar surface area (TPSA) is 83.5 Å². The van der Waals surface area contributed by atoms with E-state index in [-0.39, 0.29) is 12.2 Å². The van der Waals surface area contributed by atoms with Gasteiger partial charge in [0.25, 0.3) is 0 Å². The molecule has 0 saturated heterocycles. The molecule has 16 heavy (non-hydrogen) atoms. The molecule has 4 N–H and O–H groups in total. The highest BCUT2D eigenvalue weighted by atomic mass is 79.9. The zero-order chi connectivity index (χ0) is 12.5. The molecule has 0 fully saturated rings. The predicted octanol–water partition coefficient (Wildman–Crippen LogP) is 2.26. The van der Waals surface area contributed by atoms with Gasteiger partial charge in [0.2, 0.25) is 0 Å². The van der Waals surface area contributed by atoms with E-state index in [1.807, 2.05) is 0 Å². The number of benzene rings is 1. The van der Waals surface area contributed by atoms with Crippen molar-refractivity contribution in [1.29, 1.82) is 0 Å². The lowest BCUT2D eigenvalue weighted by Crippen LogP contribution is -2.46. The summed E-state index contributed by atoms with van der Waals surface area (Å²) in [6.07, 6.45) is 0.180. The molecular weight excluding hydrogens is 342 g/mol. The van der Waals surface area contributed by atoms with Crippen molar-refractivity contribution in [3.05, 3.63) is 26.6 Å². The third-order valence-corrected chi connectivity index (χ3v) is 3.35. The van der Waals surface area contributed by atoms with Gasteiger partial charge >= 0.3 is 5.97 Å². The van der Waals surface area contributed by atoms with Gasteiger partial charge in [-0.15, -0.1) is 0 Å². The van der Waals surface area contributed by atoms with Crippen LogP contribution in [0.3, 0.4) is 0 Å². The first kappa shape index (κ1) is 13.5. The van der Waals surface area contributed by atoms with E-state index in [4.69, 9.17) is 10.8 Å². The van der Waals surface area contributed by atoms with Gasteiger partial charge in [0.15, 0.2) is 0 Å². The molecule has 0 amide bonds. The minimum absolute atomic E-state index is 0.0813. The highest BCUT2D eigenvalue weighted by molar-refractivity contribution is 9.11. The molecule has 1 aromatic rings. The van der Waals surface area contributed by atoms with Crippen LogP contribution in [0, 0.1) is 0 Å². The predicted molar refractivity (Wildman–Crippen MR) is 67.4 cm³/mol. The highest BCUT2D eigenvalue weighted by Crippen LogP contribution is 2.34. The number of hydrogen-bond donors (Lipinski definition) is 3. The lowest BCUT2D eigenvalue weighted by Gasteiger charge is -2.19. The summed E-state index contributed by atoms with van der Waals surface area (Å²) in [6, 6.07) is 3.29. The van der Waals surface area contributed by atoms with E-state index in [0.717, 1.165) is 5.56 Å². The highest BCUT2D eigenvalue weighted by Gasteiger charge is 2.28. The molecule has 0 bridgehead atoms. The second-order valence-electron chi connectivity index (χ2n) is 3.81. The van der Waals surface area contributed by atoms with Gasteiger partial charge in [0.05, 0.1) is 8.95 Å². The van der Waals surface area contributed by atoms with E-state index in [9.17, 15) is 9.90 Å². The molecule has 0 saturated carbocycles. The first-order valence-electron chi connectivity index (χ1n) is 4.43. The summed E-state index contributed by atoms with van der Waals surface area (Å²) in [5.41, 5.74) is 5.04. The number of halogens is 2. The molecule has 4 nitrogen and oxygen atoms in total. The van der Waals surface area contributed by atoms with Gasteiger partial charge in [-0.3, -0.25) is 4.79 Å². The van der Waals surface area contributed by atoms with Crippen LogP contribution in [0.25, 0.3) is 0 Å². The summed E-state index contributed by atoms with van der Waals surface area (Å²) in [6.45, 7) is 1.45. The molecule has 0 unspecified atom stereocenters. The quantitative estimate of drug-likeness (QED) is 0.779. The van der Waals surface area contributed by atoms with Gasteiger partial charge in [0, 0.05) is 6.42 Å². The van der Waals surface area contributed by atoms with E-state index >= 15 is 0 Å². The molecule has 88 valence electrons. The number of carboxylic acid groups (broad SMARTS) is 1. The molecule has 0 heterocycles. The van der Waals surface area contributed by atoms with Crippen LogP contribution in [0.15, 0.2) is 21.1 Å². The van der Waals surface area contributed by atoms with Crippen molar-refractivity contribution in [1.82, 2.24) is 0 Å². The number of phenolic OH excluding ortho intramolecular Hbond substituents is 1. The summed E-state index contributed by atoms with van der Waals surface area (Å²) in [7, 11) is 0. The van der Waals surface area contributed by atoms with Gasteiger partial charge in [-0.2, -0.15) is 0 Å². The Hall–Kier alpha value is -0.590. The minimum atomic E-state index is -1.32. The van der Waals surface area contributed by atoms with E-state index in [0.29, 0.717) is 8.95 Å². The average molecular weight is 353 g/mol. The fraction of sp³-hybridized carbons (Fsp3) is 0.300. The maximum Gasteiger partial charge on any atom is 0.323 e. The third kappa shape index (κ3) is 2.96. The molecule has 6 heteroatoms. The van der Waals surface area contributed by atoms with Crippen molar-refractivity contribution in [2.45, 2.75) is 18.9 Å². The Morgan fingerprint density at radius 2 is 1.88 bits per heavy atom. The van der Waals surface area contributed by atoms with Crippen molar-refractivity contribution in [2.75, 3.05) is 0 Å². The number of carbonyl (C=O) groups is 1. The van der Waals surface area contributed by atoms with Crippen LogP contribution in [-0.4, -0.2) is 21.7 Å². The van der Waals surface area contributed by atoms with Crippen LogP contribution >= 0.6 is 31.9 Å². The molecule has 0 aliphatic heterocycles. The molecule has 1 aromatic carbocycles. The molecule has 1 rings (SSSR count). The Bertz CT molecular complexity index is 409. The zero-order valence-corrected chi connectivity index (χ0v) is 11.7. The van der Waals surface area contributed by atoms with Gasteiger partial charge in [-0.05, 0) is 56.5 Å². The normalized spacial score (nSPS) is 14.5. The number of aromatic hydroxyl groups is 1. The third-order valence-electron chi connectivity index (χ3n) is 2.14. The van der Waals surface area contributed by atoms with Gasteiger partial charge in [-0.1, -0.05) is 0 Å². The van der Waals surface area contributed by atoms with Crippen LogP contribution in [0.2, 0.25) is 0 Å². The van der Waals surface area contributed by atoms with Crippen LogP contribution in [0.1, 0.15) is 12.5 Å². The van der Waals surface area contributed by atoms with Crippen molar-refractivity contribution in [3.8, 4) is 5.75 Å². The van der Waals surface area contributed by atoms with Crippen molar-refractivity contribution >= 4 is 37.8 Å². The standard InChI is InChI=1S/C10H11Br2NO3/c1-10(13,9(15)16)4-5-2-6(11)8(14)7(12)3-5/h2-3,14H,4,13H2,1H3,(H,15,16)/t10-/m0/s1. The fourth-order valence-electron chi connectivity index (χ4n) is 1.22. The number of rotatable bonds is 3. The summed E-state index contributed by atoms with van der Waals surface area (Å²) in [5, 5.41) is 18.4. The Kier molecular flexibility index (Phi) is 3.98. The summed E-state index contributed by atoms with van der Waals surface area (Å²) >= 11 is 6.35. The Morgan fingerprint density at radius 3 is 2.25 bits per heavy atom. The smallest absolute Gasteiger partial charge is 0.323 e.